The second kappa shape index (κ2) is 4.37. The van der Waals surface area contributed by atoms with Gasteiger partial charge in [-0.3, -0.25) is 9.97 Å². The molecule has 0 aromatic carbocycles. The van der Waals surface area contributed by atoms with E-state index < -0.39 is 0 Å². The monoisotopic (exact) mass is 185 g/mol. The lowest BCUT2D eigenvalue weighted by molar-refractivity contribution is 1.04. The SMILES string of the molecule is c1ccc(CNc2ccncc2)nc1. The van der Waals surface area contributed by atoms with Crippen LogP contribution in [-0.2, 0) is 6.54 Å². The molecule has 3 nitrogen and oxygen atoms in total. The van der Waals surface area contributed by atoms with E-state index in [4.69, 9.17) is 0 Å². The van der Waals surface area contributed by atoms with E-state index >= 15 is 0 Å². The van der Waals surface area contributed by atoms with Gasteiger partial charge in [-0.25, -0.2) is 0 Å². The third-order valence-electron chi connectivity index (χ3n) is 1.88. The Morgan fingerprint density at radius 2 is 1.86 bits per heavy atom. The summed E-state index contributed by atoms with van der Waals surface area (Å²) >= 11 is 0. The van der Waals surface area contributed by atoms with E-state index in [1.54, 1.807) is 18.6 Å². The van der Waals surface area contributed by atoms with E-state index in [-0.39, 0.29) is 0 Å². The van der Waals surface area contributed by atoms with Crippen LogP contribution in [0.15, 0.2) is 48.9 Å². The van der Waals surface area contributed by atoms with Crippen LogP contribution < -0.4 is 5.32 Å². The summed E-state index contributed by atoms with van der Waals surface area (Å²) in [5.74, 6) is 0. The maximum Gasteiger partial charge on any atom is 0.0594 e. The zero-order chi connectivity index (χ0) is 9.64. The Morgan fingerprint density at radius 3 is 2.57 bits per heavy atom. The molecule has 2 rings (SSSR count). The summed E-state index contributed by atoms with van der Waals surface area (Å²) in [5.41, 5.74) is 2.09. The molecule has 0 amide bonds. The van der Waals surface area contributed by atoms with Gasteiger partial charge in [-0.05, 0) is 24.3 Å². The summed E-state index contributed by atoms with van der Waals surface area (Å²) in [7, 11) is 0. The van der Waals surface area contributed by atoms with Crippen molar-refractivity contribution in [1.29, 1.82) is 0 Å². The van der Waals surface area contributed by atoms with Crippen molar-refractivity contribution in [3.05, 3.63) is 54.6 Å². The van der Waals surface area contributed by atoms with E-state index in [2.05, 4.69) is 15.3 Å². The van der Waals surface area contributed by atoms with Crippen molar-refractivity contribution in [3.63, 3.8) is 0 Å². The van der Waals surface area contributed by atoms with Crippen molar-refractivity contribution in [3.8, 4) is 0 Å². The topological polar surface area (TPSA) is 37.8 Å². The van der Waals surface area contributed by atoms with E-state index in [1.807, 2.05) is 30.3 Å². The predicted molar refractivity (Wildman–Crippen MR) is 55.8 cm³/mol. The fraction of sp³-hybridized carbons (Fsp3) is 0.0909. The minimum absolute atomic E-state index is 0.741. The fourth-order valence-corrected chi connectivity index (χ4v) is 1.17. The minimum Gasteiger partial charge on any atom is -0.379 e. The number of hydrogen-bond acceptors (Lipinski definition) is 3. The van der Waals surface area contributed by atoms with E-state index in [9.17, 15) is 0 Å². The summed E-state index contributed by atoms with van der Waals surface area (Å²) in [5, 5.41) is 3.26. The molecule has 70 valence electrons. The molecule has 0 saturated heterocycles. The summed E-state index contributed by atoms with van der Waals surface area (Å²) < 4.78 is 0. The number of anilines is 1. The molecule has 2 aromatic rings. The Kier molecular flexibility index (Phi) is 2.71. The lowest BCUT2D eigenvalue weighted by Gasteiger charge is -2.04. The Labute approximate surface area is 82.8 Å². The van der Waals surface area contributed by atoms with Crippen molar-refractivity contribution in [2.24, 2.45) is 0 Å². The van der Waals surface area contributed by atoms with Gasteiger partial charge in [0, 0.05) is 24.3 Å². The number of rotatable bonds is 3. The predicted octanol–water partition coefficient (Wildman–Crippen LogP) is 2.09. The third kappa shape index (κ3) is 2.29. The molecule has 1 N–H and O–H groups in total. The van der Waals surface area contributed by atoms with Gasteiger partial charge >= 0.3 is 0 Å². The maximum atomic E-state index is 4.22. The number of nitrogens with zero attached hydrogens (tertiary/aromatic N) is 2. The Hall–Kier alpha value is -1.90. The molecular weight excluding hydrogens is 174 g/mol. The maximum absolute atomic E-state index is 4.22. The minimum atomic E-state index is 0.741. The van der Waals surface area contributed by atoms with Crippen molar-refractivity contribution >= 4 is 5.69 Å². The normalized spacial score (nSPS) is 9.71. The van der Waals surface area contributed by atoms with E-state index in [0.717, 1.165) is 17.9 Å². The van der Waals surface area contributed by atoms with Crippen molar-refractivity contribution in [2.45, 2.75) is 6.54 Å². The number of pyridine rings is 2. The highest BCUT2D eigenvalue weighted by Gasteiger charge is 1.92. The summed E-state index contributed by atoms with van der Waals surface area (Å²) in [4.78, 5) is 8.16. The average Bonchev–Trinajstić information content (AvgIpc) is 2.29. The molecule has 0 atom stereocenters. The smallest absolute Gasteiger partial charge is 0.0594 e. The molecule has 0 bridgehead atoms. The molecule has 0 saturated carbocycles. The first-order chi connectivity index (χ1) is 6.95. The average molecular weight is 185 g/mol. The lowest BCUT2D eigenvalue weighted by atomic mass is 10.3. The molecule has 0 radical (unpaired) electrons. The van der Waals surface area contributed by atoms with Gasteiger partial charge in [0.25, 0.3) is 0 Å². The van der Waals surface area contributed by atoms with Gasteiger partial charge in [-0.1, -0.05) is 6.07 Å². The van der Waals surface area contributed by atoms with Crippen LogP contribution in [0.4, 0.5) is 5.69 Å². The molecule has 2 heterocycles. The van der Waals surface area contributed by atoms with Gasteiger partial charge < -0.3 is 5.32 Å². The molecule has 2 aromatic heterocycles. The molecule has 3 heteroatoms. The highest BCUT2D eigenvalue weighted by Crippen LogP contribution is 2.05. The largest absolute Gasteiger partial charge is 0.379 e. The van der Waals surface area contributed by atoms with Crippen LogP contribution in [0.5, 0.6) is 0 Å². The van der Waals surface area contributed by atoms with Crippen molar-refractivity contribution in [2.75, 3.05) is 5.32 Å². The highest BCUT2D eigenvalue weighted by atomic mass is 14.9. The van der Waals surface area contributed by atoms with Crippen molar-refractivity contribution in [1.82, 2.24) is 9.97 Å². The quantitative estimate of drug-likeness (QED) is 0.795. The van der Waals surface area contributed by atoms with Crippen LogP contribution in [0.2, 0.25) is 0 Å². The van der Waals surface area contributed by atoms with Gasteiger partial charge in [0.15, 0.2) is 0 Å². The van der Waals surface area contributed by atoms with Crippen LogP contribution in [-0.4, -0.2) is 9.97 Å². The molecular formula is C11H11N3. The van der Waals surface area contributed by atoms with Crippen LogP contribution >= 0.6 is 0 Å². The van der Waals surface area contributed by atoms with E-state index in [1.165, 1.54) is 0 Å². The molecule has 0 aliphatic rings. The molecule has 0 aliphatic carbocycles. The van der Waals surface area contributed by atoms with Gasteiger partial charge in [0.05, 0.1) is 12.2 Å². The first kappa shape index (κ1) is 8.69. The molecule has 0 aliphatic heterocycles. The van der Waals surface area contributed by atoms with Crippen LogP contribution in [0.1, 0.15) is 5.69 Å². The van der Waals surface area contributed by atoms with Crippen LogP contribution in [0.25, 0.3) is 0 Å². The summed E-state index contributed by atoms with van der Waals surface area (Å²) in [6.45, 7) is 0.741. The molecule has 0 unspecified atom stereocenters. The van der Waals surface area contributed by atoms with E-state index in [0.29, 0.717) is 0 Å². The highest BCUT2D eigenvalue weighted by molar-refractivity contribution is 5.40. The number of aromatic nitrogens is 2. The van der Waals surface area contributed by atoms with Gasteiger partial charge in [0.2, 0.25) is 0 Å². The standard InChI is InChI=1S/C11H11N3/c1-2-6-13-11(3-1)9-14-10-4-7-12-8-5-10/h1-8H,9H2,(H,12,14). The summed E-state index contributed by atoms with van der Waals surface area (Å²) in [6.07, 6.45) is 5.32. The zero-order valence-electron chi connectivity index (χ0n) is 7.72. The van der Waals surface area contributed by atoms with Crippen LogP contribution in [0.3, 0.4) is 0 Å². The molecule has 0 spiro atoms. The van der Waals surface area contributed by atoms with Gasteiger partial charge in [-0.15, -0.1) is 0 Å². The fourth-order valence-electron chi connectivity index (χ4n) is 1.17. The summed E-state index contributed by atoms with van der Waals surface area (Å²) in [6, 6.07) is 9.76. The Balaban J connectivity index is 1.96. The van der Waals surface area contributed by atoms with Crippen molar-refractivity contribution < 1.29 is 0 Å². The Bertz CT molecular complexity index is 333. The Morgan fingerprint density at radius 1 is 1.00 bits per heavy atom. The lowest BCUT2D eigenvalue weighted by Crippen LogP contribution is -2.00. The second-order valence-electron chi connectivity index (χ2n) is 2.91. The van der Waals surface area contributed by atoms with Crippen LogP contribution in [0, 0.1) is 0 Å². The number of hydrogen-bond donors (Lipinski definition) is 1. The number of nitrogens with one attached hydrogen (secondary N) is 1. The third-order valence-corrected chi connectivity index (χ3v) is 1.88. The first-order valence-corrected chi connectivity index (χ1v) is 4.49. The first-order valence-electron chi connectivity index (χ1n) is 4.49. The zero-order valence-corrected chi connectivity index (χ0v) is 7.72. The van der Waals surface area contributed by atoms with Gasteiger partial charge in [0.1, 0.15) is 0 Å². The molecule has 14 heavy (non-hydrogen) atoms. The second-order valence-corrected chi connectivity index (χ2v) is 2.91. The van der Waals surface area contributed by atoms with Gasteiger partial charge in [-0.2, -0.15) is 0 Å². The molecule has 0 fully saturated rings.